The van der Waals surface area contributed by atoms with E-state index in [2.05, 4.69) is 146 Å². The van der Waals surface area contributed by atoms with E-state index in [9.17, 15) is 40.2 Å². The molecule has 4 saturated carbocycles. The lowest BCUT2D eigenvalue weighted by atomic mass is 9.75. The van der Waals surface area contributed by atoms with E-state index < -0.39 is 140 Å². The predicted octanol–water partition coefficient (Wildman–Crippen LogP) is 0.387. The van der Waals surface area contributed by atoms with Crippen LogP contribution in [0, 0.1) is 94.2 Å². The Kier molecular flexibility index (Phi) is 45.1. The summed E-state index contributed by atoms with van der Waals surface area (Å²) in [6, 6.07) is 3.14. The fraction of sp³-hybridized carbons (Fsp3) is 0.924. The third kappa shape index (κ3) is 28.5. The summed E-state index contributed by atoms with van der Waals surface area (Å²) in [5, 5.41) is 75.3. The Morgan fingerprint density at radius 2 is 0.619 bits per heavy atom. The Bertz CT molecular complexity index is 4040. The van der Waals surface area contributed by atoms with Crippen LogP contribution in [0.4, 0.5) is 0 Å². The van der Waals surface area contributed by atoms with Crippen LogP contribution in [-0.4, -0.2) is 365 Å². The summed E-state index contributed by atoms with van der Waals surface area (Å²) in [7, 11) is 7.29. The van der Waals surface area contributed by atoms with Crippen LogP contribution >= 0.6 is 0 Å². The van der Waals surface area contributed by atoms with E-state index in [0.29, 0.717) is 66.9 Å². The number of nitrogens with one attached hydrogen (secondary N) is 4. The largest absolute Gasteiger partial charge is 0.455 e. The van der Waals surface area contributed by atoms with E-state index in [4.69, 9.17) is 154 Å². The van der Waals surface area contributed by atoms with Gasteiger partial charge in [-0.2, -0.15) is 0 Å². The number of nitrogens with two attached hydrogens (primary N) is 12. The maximum atomic E-state index is 12.9. The van der Waals surface area contributed by atoms with E-state index in [-0.39, 0.29) is 225 Å². The van der Waals surface area contributed by atoms with Crippen molar-refractivity contribution in [1.82, 2.24) is 21.3 Å². The van der Waals surface area contributed by atoms with Gasteiger partial charge in [-0.1, -0.05) is 157 Å². The first-order chi connectivity index (χ1) is 68.6. The molecule has 8 heterocycles. The molecule has 8 aliphatic heterocycles. The summed E-state index contributed by atoms with van der Waals surface area (Å²) in [4.78, 5) is 24.6. The molecular formula is C105H198N16O26. The Morgan fingerprint density at radius 1 is 0.333 bits per heavy atom. The molecular weight excluding hydrogens is 1900 g/mol. The third-order valence-corrected chi connectivity index (χ3v) is 35.0. The van der Waals surface area contributed by atoms with Crippen molar-refractivity contribution in [2.24, 2.45) is 163 Å². The van der Waals surface area contributed by atoms with Crippen molar-refractivity contribution in [1.29, 1.82) is 0 Å². The van der Waals surface area contributed by atoms with Gasteiger partial charge >= 0.3 is 11.9 Å². The maximum absolute atomic E-state index is 12.9. The predicted molar refractivity (Wildman–Crippen MR) is 553 cm³/mol. The van der Waals surface area contributed by atoms with Gasteiger partial charge in [-0.25, -0.2) is 4.79 Å². The van der Waals surface area contributed by atoms with E-state index in [0.717, 1.165) is 0 Å². The number of carbonyl (C=O) groups excluding carboxylic acids is 2. The minimum atomic E-state index is -1.46. The summed E-state index contributed by atoms with van der Waals surface area (Å²) in [5.74, 6) is 1.75. The van der Waals surface area contributed by atoms with Gasteiger partial charge < -0.3 is 206 Å². The van der Waals surface area contributed by atoms with Crippen LogP contribution in [0.15, 0.2) is 30.3 Å². The van der Waals surface area contributed by atoms with E-state index in [1.54, 1.807) is 19.2 Å². The molecule has 56 atom stereocenters. The number of ether oxygens (including phenoxy) is 18. The highest BCUT2D eigenvalue weighted by atomic mass is 16.7. The molecule has 42 nitrogen and oxygen atoms in total. The second-order valence-electron chi connectivity index (χ2n) is 48.1. The first-order valence-corrected chi connectivity index (χ1v) is 54.3. The molecule has 0 aromatic heterocycles. The highest BCUT2D eigenvalue weighted by molar-refractivity contribution is 5.89. The average Bonchev–Trinajstić information content (AvgIpc) is 0.768. The molecule has 12 fully saturated rings. The van der Waals surface area contributed by atoms with Crippen molar-refractivity contribution in [3.05, 3.63) is 35.9 Å². The average molecular weight is 2100 g/mol. The van der Waals surface area contributed by atoms with E-state index >= 15 is 0 Å². The number of hydrogen-bond acceptors (Lipinski definition) is 42. The highest BCUT2D eigenvalue weighted by Gasteiger charge is 2.60. The lowest BCUT2D eigenvalue weighted by Crippen LogP contribution is -2.69. The normalized spacial score (nSPS) is 49.0. The van der Waals surface area contributed by atoms with Crippen LogP contribution in [-0.2, 0) is 90.1 Å². The quantitative estimate of drug-likeness (QED) is 0.0530. The Labute approximate surface area is 874 Å². The smallest absolute Gasteiger partial charge is 0.338 e. The monoisotopic (exact) mass is 2100 g/mol. The van der Waals surface area contributed by atoms with E-state index in [1.165, 1.54) is 20.8 Å². The van der Waals surface area contributed by atoms with Crippen LogP contribution in [0.1, 0.15) is 209 Å². The number of hydrogen-bond donors (Lipinski definition) is 22. The zero-order valence-corrected chi connectivity index (χ0v) is 93.2. The molecule has 8 saturated heterocycles. The molecule has 1 aromatic carbocycles. The molecule has 34 N–H and O–H groups in total. The van der Waals surface area contributed by atoms with Crippen molar-refractivity contribution in [2.45, 2.75) is 466 Å². The molecule has 13 rings (SSSR count). The standard InChI is InChI=1S/C32H54N4O6.C27H52N4O6.C26H52N4O4.C20H40N4O10/c1-16(2)25-18(4)17(3)24(35)31(39-25)41-27-19(5)26(22(33)14-23(27)34)40-30-20(6)28(36-8)32(7,15-38-30)42-29(37)21-12-10-9-11-13-21;1-12(2)21-14(4)13(3)20(30)26(34-21)36-23-15(5)22(18(28)10-19(23)29)35-25-16(6)24(31-9)27(8,11-33-25)37-17(7)32;1-12(2)20-14(4)13(3)19(29)25(32-20)34-22-15(5)21(17(27)10-18(22)28)33-24-16(6)23(30-9)26(7,8)11-31-24;1-6(25)14-11(27)10(26)9(23)18(32-14)33-15-7(21)4-8(22)16(12(15)28)34-19-13(29)17(24-3)20(2,30)5-31-19/h9-13,16-20,22-28,30-31,36H,14-15,33-35H2,1-8H3;12-16,18-26,31H,10-11,28-30H2,1-9H3;12-25,30H,10-11,27-29H2,1-9H3;6-19,24-30H,4-5,21-23H2,1-3H3/t17-,18-,19+,20+,22+,23?,24?,25?,26?,27-,28-,30?,31+,32?;13-,14-,15+,16+,18+,19?,20?,21?,22?,23-,24-,25?,26+,27?;13-,14-,15+,16+,17+,18?,19?,20?,21?,22-,23-,24?,25+;6-,7?,8-,9?,10-,11+,12+,13-,14?,15-,16?,17+,18-,19?,20?/m0001/s1. The van der Waals surface area contributed by atoms with Gasteiger partial charge in [0.05, 0.1) is 135 Å². The molecule has 42 heteroatoms. The lowest BCUT2D eigenvalue weighted by molar-refractivity contribution is -0.319. The van der Waals surface area contributed by atoms with Gasteiger partial charge in [0, 0.05) is 102 Å². The van der Waals surface area contributed by atoms with Crippen molar-refractivity contribution in [2.75, 3.05) is 54.6 Å². The van der Waals surface area contributed by atoms with Gasteiger partial charge in [-0.05, 0) is 147 Å². The number of benzene rings is 1. The number of aliphatic hydroxyl groups excluding tert-OH is 5. The Hall–Kier alpha value is -3.36. The zero-order valence-electron chi connectivity index (χ0n) is 93.2. The number of likely N-dealkylation sites (N-methyl/N-ethyl adjacent to an activating group) is 3. The summed E-state index contributed by atoms with van der Waals surface area (Å²) >= 11 is 0. The summed E-state index contributed by atoms with van der Waals surface area (Å²) < 4.78 is 112. The van der Waals surface area contributed by atoms with Crippen LogP contribution in [0.3, 0.4) is 0 Å². The molecule has 1 aromatic rings. The lowest BCUT2D eigenvalue weighted by Gasteiger charge is -2.51. The molecule has 0 spiro atoms. The zero-order chi connectivity index (χ0) is 110. The fourth-order valence-corrected chi connectivity index (χ4v) is 25.8. The first kappa shape index (κ1) is 125. The molecule has 12 aliphatic rings. The van der Waals surface area contributed by atoms with Crippen molar-refractivity contribution >= 4 is 11.9 Å². The molecule has 23 unspecified atom stereocenters. The third-order valence-electron chi connectivity index (χ3n) is 35.0. The Morgan fingerprint density at radius 3 is 0.946 bits per heavy atom. The minimum Gasteiger partial charge on any atom is -0.455 e. The Balaban J connectivity index is 0.000000201. The van der Waals surface area contributed by atoms with Gasteiger partial charge in [0.2, 0.25) is 0 Å². The summed E-state index contributed by atoms with van der Waals surface area (Å²) in [6.45, 7) is 52.0. The van der Waals surface area contributed by atoms with Gasteiger partial charge in [0.1, 0.15) is 59.5 Å². The highest BCUT2D eigenvalue weighted by Crippen LogP contribution is 2.47. The van der Waals surface area contributed by atoms with Gasteiger partial charge in [-0.15, -0.1) is 0 Å². The molecule has 0 bridgehead atoms. The maximum Gasteiger partial charge on any atom is 0.338 e. The minimum absolute atomic E-state index is 0.0254. The summed E-state index contributed by atoms with van der Waals surface area (Å²) in [5.41, 5.74) is 75.2. The number of rotatable bonds is 27. The number of carbonyl (C=O) groups is 2. The molecule has 854 valence electrons. The second kappa shape index (κ2) is 52.9. The SMILES string of the molecule is CN[C@H]1[C@@H](C)C(OC2[C@H](N)CC(N)[C@@H](O[C@H]3OC(C(C)C)[C@@H](C)[C@H](C)C3N)[C@@H]2C)OCC1(C)C.CN[C@H]1[C@@H](C)C(OC2[C@H](N)CC(N)[C@@H](O[C@H]3OC(C(C)C)[C@@H](C)[C@H](C)C3N)[C@@H]2C)OCC1(C)OC(=O)c1ccccc1.CN[C@H]1[C@@H](C)C(OC2[C@H](N)CC(N)[C@@H](O[C@H]3OC(C(C)C)[C@@H](C)[C@H](C)C3N)[C@@H]2C)OCC1(C)OC(C)=O.CN[C@H]1[C@@H](O)C(OC2[C@H](N)CC(N)[C@@H](O[C@H]3OC([C@@H](C)O)[C@@H](O)[C@H](O)C3N)[C@@H]2O)OCC1(C)O. The fourth-order valence-electron chi connectivity index (χ4n) is 25.8. The summed E-state index contributed by atoms with van der Waals surface area (Å²) in [6.07, 6.45) is -15.5. The molecule has 147 heavy (non-hydrogen) atoms. The van der Waals surface area contributed by atoms with E-state index in [1.807, 2.05) is 67.0 Å². The molecule has 4 aliphatic carbocycles. The first-order valence-electron chi connectivity index (χ1n) is 54.3. The van der Waals surface area contributed by atoms with Crippen LogP contribution in [0.2, 0.25) is 0 Å². The number of esters is 2. The second-order valence-corrected chi connectivity index (χ2v) is 48.1. The van der Waals surface area contributed by atoms with Crippen molar-refractivity contribution in [3.8, 4) is 0 Å². The molecule has 0 radical (unpaired) electrons. The van der Waals surface area contributed by atoms with Crippen molar-refractivity contribution in [3.63, 3.8) is 0 Å². The van der Waals surface area contributed by atoms with Gasteiger partial charge in [-0.3, -0.25) is 4.79 Å². The van der Waals surface area contributed by atoms with Crippen LogP contribution in [0.5, 0.6) is 0 Å². The van der Waals surface area contributed by atoms with Gasteiger partial charge in [0.15, 0.2) is 50.3 Å². The van der Waals surface area contributed by atoms with Crippen LogP contribution in [0.25, 0.3) is 0 Å². The van der Waals surface area contributed by atoms with Crippen molar-refractivity contribution < 1.29 is 125 Å². The molecule has 0 amide bonds. The number of aliphatic hydroxyl groups is 6. The van der Waals surface area contributed by atoms with Gasteiger partial charge in [0.25, 0.3) is 0 Å². The topological polar surface area (TPSA) is 682 Å². The van der Waals surface area contributed by atoms with Crippen LogP contribution < -0.4 is 90.1 Å².